The molecule has 5 nitrogen and oxygen atoms in total. The van der Waals surface area contributed by atoms with E-state index in [1.165, 1.54) is 0 Å². The molecule has 0 saturated carbocycles. The molecular weight excluding hydrogens is 353 g/mol. The van der Waals surface area contributed by atoms with E-state index in [-0.39, 0.29) is 13.0 Å². The maximum Gasteiger partial charge on any atom is 0.258 e. The van der Waals surface area contributed by atoms with Crippen LogP contribution in [0.4, 0.5) is 0 Å². The quantitative estimate of drug-likeness (QED) is 0.815. The molecule has 2 aromatic carbocycles. The Bertz CT molecular complexity index is 719. The number of hydrogen-bond acceptors (Lipinski definition) is 4. The molecule has 2 aromatic rings. The lowest BCUT2D eigenvalue weighted by Crippen LogP contribution is -2.36. The van der Waals surface area contributed by atoms with Gasteiger partial charge in [-0.15, -0.1) is 0 Å². The van der Waals surface area contributed by atoms with Crippen molar-refractivity contribution in [2.75, 3.05) is 6.61 Å². The maximum atomic E-state index is 12.0. The molecule has 2 rings (SSSR count). The van der Waals surface area contributed by atoms with Gasteiger partial charge in [-0.25, -0.2) is 0 Å². The molecule has 1 unspecified atom stereocenters. The third kappa shape index (κ3) is 5.44. The molecule has 1 atom stereocenters. The number of aliphatic carboxylic acids is 1. The molecule has 1 N–H and O–H groups in total. The molecule has 0 radical (unpaired) electrons. The van der Waals surface area contributed by atoms with Crippen LogP contribution < -0.4 is 15.2 Å². The molecule has 0 saturated heterocycles. The van der Waals surface area contributed by atoms with Crippen LogP contribution in [0.15, 0.2) is 48.5 Å². The van der Waals surface area contributed by atoms with E-state index < -0.39 is 17.9 Å². The summed E-state index contributed by atoms with van der Waals surface area (Å²) in [5.74, 6) is -1.38. The summed E-state index contributed by atoms with van der Waals surface area (Å²) >= 11 is 11.7. The van der Waals surface area contributed by atoms with Crippen molar-refractivity contribution in [3.63, 3.8) is 0 Å². The highest BCUT2D eigenvalue weighted by Crippen LogP contribution is 2.23. The zero-order valence-electron chi connectivity index (χ0n) is 12.5. The molecule has 0 aliphatic rings. The summed E-state index contributed by atoms with van der Waals surface area (Å²) in [4.78, 5) is 23.0. The Labute approximate surface area is 149 Å². The molecule has 7 heteroatoms. The fourth-order valence-electron chi connectivity index (χ4n) is 2.06. The summed E-state index contributed by atoms with van der Waals surface area (Å²) in [5.41, 5.74) is 0.606. The van der Waals surface area contributed by atoms with Crippen LogP contribution in [-0.2, 0) is 9.59 Å². The van der Waals surface area contributed by atoms with Crippen molar-refractivity contribution < 1.29 is 19.4 Å². The summed E-state index contributed by atoms with van der Waals surface area (Å²) in [6, 6.07) is 12.5. The predicted molar refractivity (Wildman–Crippen MR) is 88.9 cm³/mol. The average molecular weight is 367 g/mol. The lowest BCUT2D eigenvalue weighted by Gasteiger charge is -2.20. The van der Waals surface area contributed by atoms with Gasteiger partial charge in [-0.05, 0) is 29.8 Å². The Morgan fingerprint density at radius 2 is 1.75 bits per heavy atom. The molecule has 0 aliphatic heterocycles. The van der Waals surface area contributed by atoms with Crippen molar-refractivity contribution in [2.45, 2.75) is 12.5 Å². The highest BCUT2D eigenvalue weighted by Gasteiger charge is 2.16. The second-order valence-corrected chi connectivity index (χ2v) is 5.81. The monoisotopic (exact) mass is 366 g/mol. The van der Waals surface area contributed by atoms with Gasteiger partial charge in [-0.2, -0.15) is 0 Å². The maximum absolute atomic E-state index is 12.0. The van der Waals surface area contributed by atoms with E-state index in [0.29, 0.717) is 21.4 Å². The Hall–Kier alpha value is -2.24. The Morgan fingerprint density at radius 1 is 1.08 bits per heavy atom. The highest BCUT2D eigenvalue weighted by molar-refractivity contribution is 6.32. The molecule has 0 aromatic heterocycles. The second kappa shape index (κ2) is 8.57. The van der Waals surface area contributed by atoms with Crippen LogP contribution in [0.3, 0.4) is 0 Å². The van der Waals surface area contributed by atoms with E-state index in [0.717, 1.165) is 0 Å². The Morgan fingerprint density at radius 3 is 2.38 bits per heavy atom. The number of para-hydroxylation sites is 1. The van der Waals surface area contributed by atoms with Gasteiger partial charge in [0.25, 0.3) is 5.91 Å². The van der Waals surface area contributed by atoms with Crippen LogP contribution in [-0.4, -0.2) is 18.5 Å². The van der Waals surface area contributed by atoms with Crippen molar-refractivity contribution >= 4 is 35.1 Å². The number of carboxylic acid groups (broad SMARTS) is 1. The second-order valence-electron chi connectivity index (χ2n) is 4.97. The number of carbonyl (C=O) groups is 2. The van der Waals surface area contributed by atoms with E-state index in [4.69, 9.17) is 27.9 Å². The fourth-order valence-corrected chi connectivity index (χ4v) is 2.37. The first kappa shape index (κ1) is 18.1. The summed E-state index contributed by atoms with van der Waals surface area (Å²) in [5, 5.41) is 14.4. The van der Waals surface area contributed by atoms with Crippen LogP contribution in [0.25, 0.3) is 0 Å². The predicted octanol–water partition coefficient (Wildman–Crippen LogP) is 2.37. The zero-order valence-corrected chi connectivity index (χ0v) is 14.0. The minimum absolute atomic E-state index is 0.291. The summed E-state index contributed by atoms with van der Waals surface area (Å²) in [6.07, 6.45) is -0.362. The van der Waals surface area contributed by atoms with Gasteiger partial charge in [0.2, 0.25) is 0 Å². The number of carboxylic acids is 1. The first-order valence-corrected chi connectivity index (χ1v) is 7.83. The molecule has 0 fully saturated rings. The largest absolute Gasteiger partial charge is 0.550 e. The zero-order chi connectivity index (χ0) is 17.5. The Kier molecular flexibility index (Phi) is 6.46. The summed E-state index contributed by atoms with van der Waals surface area (Å²) in [7, 11) is 0. The number of rotatable bonds is 7. The smallest absolute Gasteiger partial charge is 0.258 e. The molecule has 0 aliphatic carbocycles. The van der Waals surface area contributed by atoms with Crippen LogP contribution in [0, 0.1) is 0 Å². The average Bonchev–Trinajstić information content (AvgIpc) is 2.54. The normalized spacial score (nSPS) is 11.6. The van der Waals surface area contributed by atoms with Gasteiger partial charge in [0.05, 0.1) is 11.1 Å². The number of benzene rings is 2. The minimum Gasteiger partial charge on any atom is -0.550 e. The van der Waals surface area contributed by atoms with E-state index in [2.05, 4.69) is 5.32 Å². The molecule has 126 valence electrons. The van der Waals surface area contributed by atoms with Gasteiger partial charge < -0.3 is 20.0 Å². The van der Waals surface area contributed by atoms with E-state index >= 15 is 0 Å². The highest BCUT2D eigenvalue weighted by atomic mass is 35.5. The van der Waals surface area contributed by atoms with Crippen molar-refractivity contribution in [2.24, 2.45) is 0 Å². The number of halogens is 2. The summed E-state index contributed by atoms with van der Waals surface area (Å²) < 4.78 is 5.33. The van der Waals surface area contributed by atoms with Gasteiger partial charge in [-0.1, -0.05) is 47.5 Å². The Balaban J connectivity index is 2.00. The molecule has 1 amide bonds. The van der Waals surface area contributed by atoms with E-state index in [9.17, 15) is 14.7 Å². The van der Waals surface area contributed by atoms with Crippen molar-refractivity contribution in [1.29, 1.82) is 0 Å². The lowest BCUT2D eigenvalue weighted by atomic mass is 10.0. The van der Waals surface area contributed by atoms with Gasteiger partial charge in [0.15, 0.2) is 6.61 Å². The number of ether oxygens (including phenoxy) is 1. The number of nitrogens with one attached hydrogen (secondary N) is 1. The van der Waals surface area contributed by atoms with E-state index in [1.807, 2.05) is 0 Å². The minimum atomic E-state index is -1.28. The third-order valence-corrected chi connectivity index (χ3v) is 3.74. The topological polar surface area (TPSA) is 78.5 Å². The van der Waals surface area contributed by atoms with Gasteiger partial charge >= 0.3 is 0 Å². The SMILES string of the molecule is O=C([O-])CC(NC(=O)COc1ccccc1Cl)c1ccc(Cl)cc1. The first-order chi connectivity index (χ1) is 11.5. The number of hydrogen-bond donors (Lipinski definition) is 1. The van der Waals surface area contributed by atoms with E-state index in [1.54, 1.807) is 48.5 Å². The van der Waals surface area contributed by atoms with Crippen LogP contribution in [0.2, 0.25) is 10.0 Å². The first-order valence-electron chi connectivity index (χ1n) is 7.07. The molecule has 0 bridgehead atoms. The molecule has 0 spiro atoms. The lowest BCUT2D eigenvalue weighted by molar-refractivity contribution is -0.306. The standard InChI is InChI=1S/C17H15Cl2NO4/c18-12-7-5-11(6-8-12)14(9-17(22)23)20-16(21)10-24-15-4-2-1-3-13(15)19/h1-8,14H,9-10H2,(H,20,21)(H,22,23)/p-1. The van der Waals surface area contributed by atoms with Gasteiger partial charge in [-0.3, -0.25) is 4.79 Å². The molecule has 24 heavy (non-hydrogen) atoms. The molecular formula is C17H14Cl2NO4-. The molecule has 0 heterocycles. The number of carbonyl (C=O) groups excluding carboxylic acids is 2. The van der Waals surface area contributed by atoms with Crippen molar-refractivity contribution in [3.05, 3.63) is 64.1 Å². The van der Waals surface area contributed by atoms with Gasteiger partial charge in [0, 0.05) is 17.4 Å². The van der Waals surface area contributed by atoms with Gasteiger partial charge in [0.1, 0.15) is 5.75 Å². The van der Waals surface area contributed by atoms with Crippen LogP contribution >= 0.6 is 23.2 Å². The fraction of sp³-hybridized carbons (Fsp3) is 0.176. The van der Waals surface area contributed by atoms with Crippen molar-refractivity contribution in [1.82, 2.24) is 5.32 Å². The number of amides is 1. The van der Waals surface area contributed by atoms with Crippen molar-refractivity contribution in [3.8, 4) is 5.75 Å². The van der Waals surface area contributed by atoms with Crippen LogP contribution in [0.1, 0.15) is 18.0 Å². The van der Waals surface area contributed by atoms with Crippen LogP contribution in [0.5, 0.6) is 5.75 Å². The third-order valence-electron chi connectivity index (χ3n) is 3.17. The summed E-state index contributed by atoms with van der Waals surface area (Å²) in [6.45, 7) is -0.291.